The van der Waals surface area contributed by atoms with E-state index in [2.05, 4.69) is 5.32 Å². The summed E-state index contributed by atoms with van der Waals surface area (Å²) < 4.78 is 5.53. The monoisotopic (exact) mass is 261 g/mol. The number of carbonyl (C=O) groups excluding carboxylic acids is 2. The van der Waals surface area contributed by atoms with E-state index in [1.54, 1.807) is 6.07 Å². The number of hydrogen-bond acceptors (Lipinski definition) is 3. The molecule has 1 aromatic carbocycles. The summed E-state index contributed by atoms with van der Waals surface area (Å²) in [5, 5.41) is 2.80. The van der Waals surface area contributed by atoms with Gasteiger partial charge in [-0.25, -0.2) is 0 Å². The SMILES string of the molecule is CC(C)CNC(=O)COc1cccc2c1CCC2=O. The Labute approximate surface area is 113 Å². The van der Waals surface area contributed by atoms with Gasteiger partial charge in [0.15, 0.2) is 12.4 Å². The Balaban J connectivity index is 1.94. The predicted molar refractivity (Wildman–Crippen MR) is 72.4 cm³/mol. The van der Waals surface area contributed by atoms with Gasteiger partial charge in [-0.1, -0.05) is 26.0 Å². The summed E-state index contributed by atoms with van der Waals surface area (Å²) in [5.41, 5.74) is 1.67. The van der Waals surface area contributed by atoms with Gasteiger partial charge < -0.3 is 10.1 Å². The van der Waals surface area contributed by atoms with E-state index in [-0.39, 0.29) is 18.3 Å². The van der Waals surface area contributed by atoms with Gasteiger partial charge in [-0.3, -0.25) is 9.59 Å². The number of hydrogen-bond donors (Lipinski definition) is 1. The quantitative estimate of drug-likeness (QED) is 0.881. The molecule has 4 nitrogen and oxygen atoms in total. The normalized spacial score (nSPS) is 13.5. The van der Waals surface area contributed by atoms with Gasteiger partial charge in [-0.05, 0) is 18.4 Å². The molecule has 1 aromatic rings. The molecule has 0 spiro atoms. The number of fused-ring (bicyclic) bond motifs is 1. The second kappa shape index (κ2) is 5.87. The molecule has 0 radical (unpaired) electrons. The number of ketones is 1. The average molecular weight is 261 g/mol. The Morgan fingerprint density at radius 3 is 2.89 bits per heavy atom. The number of amides is 1. The van der Waals surface area contributed by atoms with Crippen molar-refractivity contribution in [3.05, 3.63) is 29.3 Å². The minimum Gasteiger partial charge on any atom is -0.483 e. The maximum absolute atomic E-state index is 11.6. The molecule has 2 rings (SSSR count). The first-order valence-corrected chi connectivity index (χ1v) is 6.62. The minimum absolute atomic E-state index is 0.00262. The molecule has 0 bridgehead atoms. The maximum atomic E-state index is 11.6. The van der Waals surface area contributed by atoms with E-state index in [4.69, 9.17) is 4.74 Å². The minimum atomic E-state index is -0.129. The summed E-state index contributed by atoms with van der Waals surface area (Å²) in [6.45, 7) is 4.72. The molecule has 1 N–H and O–H groups in total. The van der Waals surface area contributed by atoms with Crippen molar-refractivity contribution in [2.75, 3.05) is 13.2 Å². The third-order valence-electron chi connectivity index (χ3n) is 3.10. The highest BCUT2D eigenvalue weighted by Gasteiger charge is 2.22. The molecule has 0 aromatic heterocycles. The Kier molecular flexibility index (Phi) is 4.20. The van der Waals surface area contributed by atoms with Crippen LogP contribution in [0.1, 0.15) is 36.2 Å². The van der Waals surface area contributed by atoms with E-state index < -0.39 is 0 Å². The van der Waals surface area contributed by atoms with E-state index >= 15 is 0 Å². The fourth-order valence-electron chi connectivity index (χ4n) is 2.11. The van der Waals surface area contributed by atoms with Crippen molar-refractivity contribution < 1.29 is 14.3 Å². The standard InChI is InChI=1S/C15H19NO3/c1-10(2)8-16-15(18)9-19-14-5-3-4-11-12(14)6-7-13(11)17/h3-5,10H,6-9H2,1-2H3,(H,16,18). The Morgan fingerprint density at radius 2 is 2.16 bits per heavy atom. The highest BCUT2D eigenvalue weighted by molar-refractivity contribution is 6.01. The molecule has 0 fully saturated rings. The zero-order valence-electron chi connectivity index (χ0n) is 11.4. The highest BCUT2D eigenvalue weighted by atomic mass is 16.5. The van der Waals surface area contributed by atoms with Crippen LogP contribution in [0.15, 0.2) is 18.2 Å². The highest BCUT2D eigenvalue weighted by Crippen LogP contribution is 2.30. The summed E-state index contributed by atoms with van der Waals surface area (Å²) in [7, 11) is 0. The van der Waals surface area contributed by atoms with Crippen LogP contribution in [0.25, 0.3) is 0 Å². The summed E-state index contributed by atoms with van der Waals surface area (Å²) in [5.74, 6) is 1.10. The Hall–Kier alpha value is -1.84. The lowest BCUT2D eigenvalue weighted by atomic mass is 10.1. The van der Waals surface area contributed by atoms with E-state index in [1.165, 1.54) is 0 Å². The molecule has 1 amide bonds. The molecule has 102 valence electrons. The van der Waals surface area contributed by atoms with Gasteiger partial charge in [0.1, 0.15) is 5.75 Å². The molecule has 1 aliphatic rings. The third kappa shape index (κ3) is 3.34. The van der Waals surface area contributed by atoms with Gasteiger partial charge in [0, 0.05) is 24.1 Å². The van der Waals surface area contributed by atoms with Gasteiger partial charge in [0.2, 0.25) is 0 Å². The van der Waals surface area contributed by atoms with Crippen LogP contribution in [-0.4, -0.2) is 24.8 Å². The summed E-state index contributed by atoms with van der Waals surface area (Å²) >= 11 is 0. The molecule has 1 aliphatic carbocycles. The molecule has 4 heteroatoms. The molecule has 0 unspecified atom stereocenters. The van der Waals surface area contributed by atoms with E-state index in [0.29, 0.717) is 31.1 Å². The fourth-order valence-corrected chi connectivity index (χ4v) is 2.11. The van der Waals surface area contributed by atoms with E-state index in [9.17, 15) is 9.59 Å². The molecule has 0 aliphatic heterocycles. The van der Waals surface area contributed by atoms with Crippen LogP contribution >= 0.6 is 0 Å². The van der Waals surface area contributed by atoms with Crippen molar-refractivity contribution >= 4 is 11.7 Å². The summed E-state index contributed by atoms with van der Waals surface area (Å²) in [6.07, 6.45) is 1.24. The van der Waals surface area contributed by atoms with Crippen LogP contribution in [0, 0.1) is 5.92 Å². The van der Waals surface area contributed by atoms with Crippen LogP contribution in [0.3, 0.4) is 0 Å². The van der Waals surface area contributed by atoms with E-state index in [0.717, 1.165) is 11.1 Å². The molecule has 0 atom stereocenters. The molecule has 0 saturated heterocycles. The van der Waals surface area contributed by atoms with Crippen LogP contribution in [0.5, 0.6) is 5.75 Å². The van der Waals surface area contributed by atoms with Gasteiger partial charge in [0.25, 0.3) is 5.91 Å². The van der Waals surface area contributed by atoms with Crippen molar-refractivity contribution in [1.82, 2.24) is 5.32 Å². The second-order valence-corrected chi connectivity index (χ2v) is 5.19. The van der Waals surface area contributed by atoms with Crippen molar-refractivity contribution in [3.8, 4) is 5.75 Å². The van der Waals surface area contributed by atoms with Gasteiger partial charge in [-0.15, -0.1) is 0 Å². The lowest BCUT2D eigenvalue weighted by Crippen LogP contribution is -2.31. The van der Waals surface area contributed by atoms with Crippen LogP contribution in [0.2, 0.25) is 0 Å². The lowest BCUT2D eigenvalue weighted by molar-refractivity contribution is -0.123. The third-order valence-corrected chi connectivity index (χ3v) is 3.10. The first kappa shape index (κ1) is 13.6. The summed E-state index contributed by atoms with van der Waals surface area (Å²) in [4.78, 5) is 23.2. The predicted octanol–water partition coefficient (Wildman–Crippen LogP) is 1.97. The molecular formula is C15H19NO3. The molecule has 0 saturated carbocycles. The maximum Gasteiger partial charge on any atom is 0.257 e. The summed E-state index contributed by atoms with van der Waals surface area (Å²) in [6, 6.07) is 5.42. The largest absolute Gasteiger partial charge is 0.483 e. The van der Waals surface area contributed by atoms with Crippen LogP contribution < -0.4 is 10.1 Å². The Bertz CT molecular complexity index is 494. The van der Waals surface area contributed by atoms with Crippen molar-refractivity contribution in [2.24, 2.45) is 5.92 Å². The number of carbonyl (C=O) groups is 2. The Morgan fingerprint density at radius 1 is 1.37 bits per heavy atom. The molecule has 19 heavy (non-hydrogen) atoms. The topological polar surface area (TPSA) is 55.4 Å². The van der Waals surface area contributed by atoms with E-state index in [1.807, 2.05) is 26.0 Å². The van der Waals surface area contributed by atoms with Gasteiger partial charge >= 0.3 is 0 Å². The number of nitrogens with one attached hydrogen (secondary N) is 1. The number of ether oxygens (including phenoxy) is 1. The fraction of sp³-hybridized carbons (Fsp3) is 0.467. The van der Waals surface area contributed by atoms with Crippen LogP contribution in [-0.2, 0) is 11.2 Å². The second-order valence-electron chi connectivity index (χ2n) is 5.19. The first-order valence-electron chi connectivity index (χ1n) is 6.62. The van der Waals surface area contributed by atoms with Crippen molar-refractivity contribution in [3.63, 3.8) is 0 Å². The average Bonchev–Trinajstić information content (AvgIpc) is 2.76. The van der Waals surface area contributed by atoms with Crippen molar-refractivity contribution in [2.45, 2.75) is 26.7 Å². The van der Waals surface area contributed by atoms with Gasteiger partial charge in [-0.2, -0.15) is 0 Å². The number of rotatable bonds is 5. The number of Topliss-reactive ketones (excluding diaryl/α,β-unsaturated/α-hetero) is 1. The first-order chi connectivity index (χ1) is 9.08. The van der Waals surface area contributed by atoms with Crippen LogP contribution in [0.4, 0.5) is 0 Å². The lowest BCUT2D eigenvalue weighted by Gasteiger charge is -2.11. The zero-order chi connectivity index (χ0) is 13.8. The van der Waals surface area contributed by atoms with Crippen molar-refractivity contribution in [1.29, 1.82) is 0 Å². The number of benzene rings is 1. The van der Waals surface area contributed by atoms with Gasteiger partial charge in [0.05, 0.1) is 0 Å². The molecular weight excluding hydrogens is 242 g/mol. The smallest absolute Gasteiger partial charge is 0.257 e. The zero-order valence-corrected chi connectivity index (χ0v) is 11.4. The molecule has 0 heterocycles.